The molecule has 3 rings (SSSR count). The molecule has 2 amide bonds. The number of amides is 2. The number of aromatic nitrogens is 2. The lowest BCUT2D eigenvalue weighted by atomic mass is 10.0. The third-order valence-corrected chi connectivity index (χ3v) is 9.24. The van der Waals surface area contributed by atoms with Gasteiger partial charge in [0, 0.05) is 38.0 Å². The smallest absolute Gasteiger partial charge is 0.414 e. The first kappa shape index (κ1) is 31.4. The molecule has 1 saturated heterocycles. The largest absolute Gasteiger partial charge is 0.458 e. The highest BCUT2D eigenvalue weighted by Gasteiger charge is 2.47. The van der Waals surface area contributed by atoms with Crippen molar-refractivity contribution in [2.45, 2.75) is 75.4 Å². The van der Waals surface area contributed by atoms with Crippen molar-refractivity contribution in [3.05, 3.63) is 41.7 Å². The van der Waals surface area contributed by atoms with E-state index < -0.39 is 50.5 Å². The van der Waals surface area contributed by atoms with Crippen molar-refractivity contribution in [2.24, 2.45) is 0 Å². The predicted molar refractivity (Wildman–Crippen MR) is 150 cm³/mol. The minimum Gasteiger partial charge on any atom is -0.458 e. The molecule has 220 valence electrons. The molecule has 14 heteroatoms. The van der Waals surface area contributed by atoms with E-state index in [1.807, 2.05) is 13.8 Å². The van der Waals surface area contributed by atoms with Crippen LogP contribution in [0.25, 0.3) is 0 Å². The Morgan fingerprint density at radius 3 is 2.27 bits per heavy atom. The summed E-state index contributed by atoms with van der Waals surface area (Å²) in [7, 11) is -1.45. The van der Waals surface area contributed by atoms with E-state index in [9.17, 15) is 22.8 Å². The zero-order chi connectivity index (χ0) is 30.0. The van der Waals surface area contributed by atoms with Crippen LogP contribution in [0.5, 0.6) is 5.75 Å². The minimum atomic E-state index is -4.55. The monoisotopic (exact) mass is 595 g/mol. The van der Waals surface area contributed by atoms with Crippen LogP contribution in [0.15, 0.2) is 35.4 Å². The fraction of sp³-hybridized carbons (Fsp3) is 0.538. The van der Waals surface area contributed by atoms with Gasteiger partial charge >= 0.3 is 12.1 Å². The third kappa shape index (κ3) is 7.55. The Morgan fingerprint density at radius 1 is 1.18 bits per heavy atom. The number of rotatable bonds is 8. The molecule has 0 aliphatic carbocycles. The average molecular weight is 596 g/mol. The van der Waals surface area contributed by atoms with Gasteiger partial charge in [-0.2, -0.15) is 5.10 Å². The summed E-state index contributed by atoms with van der Waals surface area (Å²) in [4.78, 5) is 40.6. The number of sulfonamides is 1. The maximum absolute atomic E-state index is 14.1. The Balaban J connectivity index is 2.08. The number of hydrogen-bond acceptors (Lipinski definition) is 10. The molecule has 1 aromatic heterocycles. The SMILES string of the molecule is Cc1n[nH]cc1S(=O)(=O)N(C(=O)[C@H]1NC(C)(C)CS1)[C@@H](Cc1ccc(OC(=O)N(C)C)cc1)C(=O)OC(C)(C)C. The second kappa shape index (κ2) is 11.8. The Kier molecular flexibility index (Phi) is 9.26. The van der Waals surface area contributed by atoms with Gasteiger partial charge in [-0.15, -0.1) is 11.8 Å². The van der Waals surface area contributed by atoms with Gasteiger partial charge in [-0.25, -0.2) is 22.3 Å². The number of nitrogens with one attached hydrogen (secondary N) is 2. The number of aryl methyl sites for hydroxylation is 1. The van der Waals surface area contributed by atoms with E-state index in [-0.39, 0.29) is 22.8 Å². The molecule has 1 aromatic carbocycles. The first-order valence-electron chi connectivity index (χ1n) is 12.6. The quantitative estimate of drug-likeness (QED) is 0.436. The van der Waals surface area contributed by atoms with Crippen LogP contribution in [-0.4, -0.2) is 88.2 Å². The van der Waals surface area contributed by atoms with Crippen LogP contribution in [0.2, 0.25) is 0 Å². The number of H-pyrrole nitrogens is 1. The number of aromatic amines is 1. The number of ether oxygens (including phenoxy) is 2. The molecule has 0 radical (unpaired) electrons. The molecule has 0 unspecified atom stereocenters. The van der Waals surface area contributed by atoms with E-state index in [4.69, 9.17) is 9.47 Å². The van der Waals surface area contributed by atoms with Gasteiger partial charge in [0.25, 0.3) is 15.9 Å². The van der Waals surface area contributed by atoms with E-state index in [2.05, 4.69) is 15.5 Å². The summed E-state index contributed by atoms with van der Waals surface area (Å²) in [6, 6.07) is 4.72. The average Bonchev–Trinajstić information content (AvgIpc) is 3.43. The van der Waals surface area contributed by atoms with Crippen molar-refractivity contribution < 1.29 is 32.3 Å². The molecular weight excluding hydrogens is 558 g/mol. The van der Waals surface area contributed by atoms with Crippen molar-refractivity contribution in [1.82, 2.24) is 24.7 Å². The van der Waals surface area contributed by atoms with E-state index in [0.29, 0.717) is 15.6 Å². The molecule has 1 fully saturated rings. The van der Waals surface area contributed by atoms with Gasteiger partial charge in [0.2, 0.25) is 0 Å². The number of carbonyl (C=O) groups is 3. The summed E-state index contributed by atoms with van der Waals surface area (Å²) in [5.41, 5.74) is -0.705. The summed E-state index contributed by atoms with van der Waals surface area (Å²) >= 11 is 1.27. The van der Waals surface area contributed by atoms with Gasteiger partial charge in [-0.05, 0) is 59.2 Å². The first-order valence-corrected chi connectivity index (χ1v) is 15.1. The Hall–Kier alpha value is -3.10. The topological polar surface area (TPSA) is 151 Å². The number of benzene rings is 1. The van der Waals surface area contributed by atoms with Gasteiger partial charge in [-0.1, -0.05) is 12.1 Å². The van der Waals surface area contributed by atoms with E-state index in [0.717, 1.165) is 0 Å². The summed E-state index contributed by atoms with van der Waals surface area (Å²) < 4.78 is 39.6. The van der Waals surface area contributed by atoms with E-state index in [1.165, 1.54) is 41.9 Å². The highest BCUT2D eigenvalue weighted by Crippen LogP contribution is 2.32. The fourth-order valence-corrected chi connectivity index (χ4v) is 6.94. The van der Waals surface area contributed by atoms with Gasteiger partial charge < -0.3 is 14.4 Å². The van der Waals surface area contributed by atoms with Gasteiger partial charge in [0.15, 0.2) is 0 Å². The molecule has 2 atom stereocenters. The van der Waals surface area contributed by atoms with Gasteiger partial charge in [0.05, 0.1) is 5.69 Å². The molecule has 1 aliphatic rings. The van der Waals surface area contributed by atoms with Crippen LogP contribution in [0.1, 0.15) is 45.9 Å². The minimum absolute atomic E-state index is 0.153. The first-order chi connectivity index (χ1) is 18.4. The van der Waals surface area contributed by atoms with Crippen molar-refractivity contribution in [1.29, 1.82) is 0 Å². The van der Waals surface area contributed by atoms with E-state index in [1.54, 1.807) is 47.0 Å². The second-order valence-corrected chi connectivity index (χ2v) is 14.2. The Bertz CT molecular complexity index is 1350. The number of hydrogen-bond donors (Lipinski definition) is 2. The maximum Gasteiger partial charge on any atom is 0.414 e. The molecule has 2 N–H and O–H groups in total. The molecular formula is C26H37N5O7S2. The van der Waals surface area contributed by atoms with Crippen molar-refractivity contribution in [2.75, 3.05) is 19.8 Å². The maximum atomic E-state index is 14.1. The molecule has 2 heterocycles. The van der Waals surface area contributed by atoms with Crippen molar-refractivity contribution >= 4 is 39.8 Å². The summed E-state index contributed by atoms with van der Waals surface area (Å²) in [5.74, 6) is -0.842. The predicted octanol–water partition coefficient (Wildman–Crippen LogP) is 2.69. The Morgan fingerprint density at radius 2 is 1.80 bits per heavy atom. The molecule has 0 saturated carbocycles. The number of nitrogens with zero attached hydrogens (tertiary/aromatic N) is 3. The van der Waals surface area contributed by atoms with Crippen LogP contribution in [0, 0.1) is 6.92 Å². The zero-order valence-corrected chi connectivity index (χ0v) is 25.6. The zero-order valence-electron chi connectivity index (χ0n) is 24.0. The molecule has 0 bridgehead atoms. The van der Waals surface area contributed by atoms with Crippen molar-refractivity contribution in [3.8, 4) is 5.75 Å². The summed E-state index contributed by atoms with van der Waals surface area (Å²) in [5, 5.41) is 8.69. The lowest BCUT2D eigenvalue weighted by Gasteiger charge is -2.33. The summed E-state index contributed by atoms with van der Waals surface area (Å²) in [6.07, 6.45) is 0.436. The highest BCUT2D eigenvalue weighted by atomic mass is 32.2. The number of esters is 1. The highest BCUT2D eigenvalue weighted by molar-refractivity contribution is 8.01. The normalized spacial score (nSPS) is 17.6. The van der Waals surface area contributed by atoms with Gasteiger partial charge in [0.1, 0.15) is 27.7 Å². The number of carbonyl (C=O) groups excluding carboxylic acids is 3. The number of thioether (sulfide) groups is 1. The third-order valence-electron chi connectivity index (χ3n) is 5.78. The van der Waals surface area contributed by atoms with Crippen molar-refractivity contribution in [3.63, 3.8) is 0 Å². The molecule has 0 spiro atoms. The van der Waals surface area contributed by atoms with E-state index >= 15 is 0 Å². The second-order valence-electron chi connectivity index (χ2n) is 11.4. The van der Waals surface area contributed by atoms with Crippen LogP contribution in [0.4, 0.5) is 4.79 Å². The summed E-state index contributed by atoms with van der Waals surface area (Å²) in [6.45, 7) is 10.3. The van der Waals surface area contributed by atoms with Crippen LogP contribution >= 0.6 is 11.8 Å². The van der Waals surface area contributed by atoms with Gasteiger partial charge in [-0.3, -0.25) is 15.2 Å². The molecule has 2 aromatic rings. The van der Waals surface area contributed by atoms with Crippen LogP contribution in [0.3, 0.4) is 0 Å². The Labute approximate surface area is 239 Å². The standard InChI is InChI=1S/C26H37N5O7S2/c1-16-20(14-27-29-16)40(35,36)31(22(32)21-28-26(5,6)15-39-21)19(23(33)38-25(2,3)4)13-17-9-11-18(12-10-17)37-24(34)30(7)8/h9-12,14,19,21,28H,13,15H2,1-8H3,(H,27,29)/t19-,21-/m0/s1. The van der Waals surface area contributed by atoms with Crippen LogP contribution < -0.4 is 10.1 Å². The molecule has 12 nitrogen and oxygen atoms in total. The molecule has 40 heavy (non-hydrogen) atoms. The lowest BCUT2D eigenvalue weighted by molar-refractivity contribution is -0.161. The fourth-order valence-electron chi connectivity index (χ4n) is 3.87. The van der Waals surface area contributed by atoms with Crippen LogP contribution in [-0.2, 0) is 30.8 Å². The molecule has 1 aliphatic heterocycles. The lowest BCUT2D eigenvalue weighted by Crippen LogP contribution is -2.56.